The summed E-state index contributed by atoms with van der Waals surface area (Å²) in [5.74, 6) is 0. The van der Waals surface area contributed by atoms with Gasteiger partial charge in [-0.15, -0.1) is 0 Å². The monoisotopic (exact) mass is 227 g/mol. The summed E-state index contributed by atoms with van der Waals surface area (Å²) in [4.78, 5) is 4.29. The van der Waals surface area contributed by atoms with Crippen LogP contribution in [0.15, 0.2) is 10.7 Å². The molecule has 0 aliphatic heterocycles. The van der Waals surface area contributed by atoms with Crippen molar-refractivity contribution >= 4 is 6.01 Å². The van der Waals surface area contributed by atoms with Gasteiger partial charge in [-0.25, -0.2) is 0 Å². The first-order valence-electron chi connectivity index (χ1n) is 5.43. The van der Waals surface area contributed by atoms with E-state index in [4.69, 9.17) is 9.15 Å². The molecule has 0 saturated carbocycles. The molecule has 1 aromatic heterocycles. The van der Waals surface area contributed by atoms with Gasteiger partial charge in [-0.2, -0.15) is 4.98 Å². The Morgan fingerprint density at radius 3 is 2.81 bits per heavy atom. The number of aromatic nitrogens is 1. The first-order valence-corrected chi connectivity index (χ1v) is 5.43. The molecule has 16 heavy (non-hydrogen) atoms. The van der Waals surface area contributed by atoms with E-state index in [1.807, 2.05) is 0 Å². The third-order valence-electron chi connectivity index (χ3n) is 1.93. The first kappa shape index (κ1) is 13.0. The number of hydrogen-bond donors (Lipinski definition) is 2. The standard InChI is InChI=1S/C11H21N3O2/c1-11(2,3)13-7-9-8-16-10(14-9)12-5-6-15-4/h8,13H,5-7H2,1-4H3,(H,12,14). The minimum absolute atomic E-state index is 0.0859. The summed E-state index contributed by atoms with van der Waals surface area (Å²) in [5.41, 5.74) is 0.984. The maximum atomic E-state index is 5.26. The Bertz CT molecular complexity index is 304. The van der Waals surface area contributed by atoms with E-state index in [2.05, 4.69) is 36.4 Å². The van der Waals surface area contributed by atoms with Gasteiger partial charge >= 0.3 is 0 Å². The van der Waals surface area contributed by atoms with Gasteiger partial charge in [-0.3, -0.25) is 0 Å². The normalized spacial score (nSPS) is 11.8. The zero-order valence-corrected chi connectivity index (χ0v) is 10.5. The molecule has 1 heterocycles. The fraction of sp³-hybridized carbons (Fsp3) is 0.727. The summed E-state index contributed by atoms with van der Waals surface area (Å²) in [5, 5.41) is 6.38. The van der Waals surface area contributed by atoms with Crippen LogP contribution in [0, 0.1) is 0 Å². The Morgan fingerprint density at radius 1 is 1.44 bits per heavy atom. The van der Waals surface area contributed by atoms with Crippen LogP contribution in [0.2, 0.25) is 0 Å². The topological polar surface area (TPSA) is 59.3 Å². The van der Waals surface area contributed by atoms with Crippen molar-refractivity contribution in [1.29, 1.82) is 0 Å². The van der Waals surface area contributed by atoms with Crippen LogP contribution in [0.5, 0.6) is 0 Å². The molecule has 5 nitrogen and oxygen atoms in total. The van der Waals surface area contributed by atoms with Crippen molar-refractivity contribution in [3.8, 4) is 0 Å². The molecule has 92 valence electrons. The van der Waals surface area contributed by atoms with Crippen LogP contribution in [0.1, 0.15) is 26.5 Å². The van der Waals surface area contributed by atoms with Crippen molar-refractivity contribution in [3.63, 3.8) is 0 Å². The third kappa shape index (κ3) is 5.14. The van der Waals surface area contributed by atoms with Gasteiger partial charge in [0.2, 0.25) is 0 Å². The molecule has 0 amide bonds. The maximum Gasteiger partial charge on any atom is 0.294 e. The molecule has 0 spiro atoms. The highest BCUT2D eigenvalue weighted by Crippen LogP contribution is 2.08. The van der Waals surface area contributed by atoms with E-state index in [-0.39, 0.29) is 5.54 Å². The van der Waals surface area contributed by atoms with Gasteiger partial charge in [0.05, 0.1) is 12.3 Å². The predicted molar refractivity (Wildman–Crippen MR) is 63.5 cm³/mol. The van der Waals surface area contributed by atoms with Gasteiger partial charge in [0, 0.05) is 25.7 Å². The highest BCUT2D eigenvalue weighted by Gasteiger charge is 2.10. The molecule has 1 aromatic rings. The second-order valence-electron chi connectivity index (χ2n) is 4.67. The highest BCUT2D eigenvalue weighted by molar-refractivity contribution is 5.20. The van der Waals surface area contributed by atoms with E-state index in [0.717, 1.165) is 5.69 Å². The lowest BCUT2D eigenvalue weighted by Crippen LogP contribution is -2.35. The molecular weight excluding hydrogens is 206 g/mol. The first-order chi connectivity index (χ1) is 7.51. The minimum Gasteiger partial charge on any atom is -0.432 e. The van der Waals surface area contributed by atoms with Crippen LogP contribution in [-0.4, -0.2) is 30.8 Å². The number of nitrogens with zero attached hydrogens (tertiary/aromatic N) is 1. The molecule has 2 N–H and O–H groups in total. The smallest absolute Gasteiger partial charge is 0.294 e. The SMILES string of the molecule is COCCNc1nc(CNC(C)(C)C)co1. The zero-order chi connectivity index (χ0) is 12.0. The van der Waals surface area contributed by atoms with Gasteiger partial charge in [0.25, 0.3) is 6.01 Å². The number of anilines is 1. The van der Waals surface area contributed by atoms with E-state index in [1.54, 1.807) is 13.4 Å². The number of methoxy groups -OCH3 is 1. The largest absolute Gasteiger partial charge is 0.432 e. The number of oxazole rings is 1. The predicted octanol–water partition coefficient (Wildman–Crippen LogP) is 1.62. The molecule has 0 fully saturated rings. The van der Waals surface area contributed by atoms with Crippen molar-refractivity contribution in [1.82, 2.24) is 10.3 Å². The van der Waals surface area contributed by atoms with Gasteiger partial charge < -0.3 is 19.8 Å². The second-order valence-corrected chi connectivity index (χ2v) is 4.67. The average Bonchev–Trinajstić information content (AvgIpc) is 2.62. The summed E-state index contributed by atoms with van der Waals surface area (Å²) in [6, 6.07) is 0.544. The fourth-order valence-electron chi connectivity index (χ4n) is 1.09. The lowest BCUT2D eigenvalue weighted by atomic mass is 10.1. The fourth-order valence-corrected chi connectivity index (χ4v) is 1.09. The summed E-state index contributed by atoms with van der Waals surface area (Å²) in [7, 11) is 1.66. The van der Waals surface area contributed by atoms with Crippen LogP contribution >= 0.6 is 0 Å². The van der Waals surface area contributed by atoms with Gasteiger partial charge in [0.1, 0.15) is 6.26 Å². The van der Waals surface area contributed by atoms with Crippen molar-refractivity contribution < 1.29 is 9.15 Å². The van der Waals surface area contributed by atoms with E-state index >= 15 is 0 Å². The quantitative estimate of drug-likeness (QED) is 0.723. The van der Waals surface area contributed by atoms with Crippen molar-refractivity contribution in [2.24, 2.45) is 0 Å². The lowest BCUT2D eigenvalue weighted by Gasteiger charge is -2.19. The molecule has 0 aliphatic rings. The molecule has 0 radical (unpaired) electrons. The molecule has 0 saturated heterocycles. The Kier molecular flexibility index (Phi) is 4.76. The molecule has 5 heteroatoms. The summed E-state index contributed by atoms with van der Waals surface area (Å²) in [6.45, 7) is 8.39. The van der Waals surface area contributed by atoms with E-state index in [0.29, 0.717) is 25.7 Å². The summed E-state index contributed by atoms with van der Waals surface area (Å²) in [6.07, 6.45) is 1.66. The summed E-state index contributed by atoms with van der Waals surface area (Å²) >= 11 is 0. The Labute approximate surface area is 96.6 Å². The molecule has 1 rings (SSSR count). The molecule has 0 bridgehead atoms. The van der Waals surface area contributed by atoms with Crippen molar-refractivity contribution in [2.75, 3.05) is 25.6 Å². The number of nitrogens with one attached hydrogen (secondary N) is 2. The number of ether oxygens (including phenoxy) is 1. The van der Waals surface area contributed by atoms with Crippen molar-refractivity contribution in [2.45, 2.75) is 32.9 Å². The Morgan fingerprint density at radius 2 is 2.19 bits per heavy atom. The summed E-state index contributed by atoms with van der Waals surface area (Å²) < 4.78 is 10.2. The Hall–Kier alpha value is -1.07. The molecular formula is C11H21N3O2. The third-order valence-corrected chi connectivity index (χ3v) is 1.93. The van der Waals surface area contributed by atoms with Gasteiger partial charge in [-0.1, -0.05) is 0 Å². The maximum absolute atomic E-state index is 5.26. The number of hydrogen-bond acceptors (Lipinski definition) is 5. The van der Waals surface area contributed by atoms with Crippen LogP contribution < -0.4 is 10.6 Å². The van der Waals surface area contributed by atoms with Crippen LogP contribution in [0.3, 0.4) is 0 Å². The Balaban J connectivity index is 2.33. The average molecular weight is 227 g/mol. The van der Waals surface area contributed by atoms with Crippen LogP contribution in [0.4, 0.5) is 6.01 Å². The zero-order valence-electron chi connectivity index (χ0n) is 10.5. The molecule has 0 aromatic carbocycles. The molecule has 0 unspecified atom stereocenters. The second kappa shape index (κ2) is 5.86. The lowest BCUT2D eigenvalue weighted by molar-refractivity contribution is 0.210. The molecule has 0 atom stereocenters. The van der Waals surface area contributed by atoms with Crippen LogP contribution in [0.25, 0.3) is 0 Å². The molecule has 0 aliphatic carbocycles. The minimum atomic E-state index is 0.0859. The van der Waals surface area contributed by atoms with E-state index in [9.17, 15) is 0 Å². The van der Waals surface area contributed by atoms with Gasteiger partial charge in [0.15, 0.2) is 0 Å². The van der Waals surface area contributed by atoms with E-state index < -0.39 is 0 Å². The van der Waals surface area contributed by atoms with Crippen LogP contribution in [-0.2, 0) is 11.3 Å². The van der Waals surface area contributed by atoms with Crippen molar-refractivity contribution in [3.05, 3.63) is 12.0 Å². The number of rotatable bonds is 6. The van der Waals surface area contributed by atoms with E-state index in [1.165, 1.54) is 0 Å². The van der Waals surface area contributed by atoms with Gasteiger partial charge in [-0.05, 0) is 20.8 Å². The highest BCUT2D eigenvalue weighted by atomic mass is 16.5.